The highest BCUT2D eigenvalue weighted by Crippen LogP contribution is 2.50. The summed E-state index contributed by atoms with van der Waals surface area (Å²) in [4.78, 5) is 14.4. The molecule has 1 saturated heterocycles. The Bertz CT molecular complexity index is 1160. The molecule has 0 amide bonds. The number of piperidine rings is 1. The summed E-state index contributed by atoms with van der Waals surface area (Å²) in [6.45, 7) is 5.71. The van der Waals surface area contributed by atoms with Crippen molar-refractivity contribution in [2.24, 2.45) is 0 Å². The van der Waals surface area contributed by atoms with Gasteiger partial charge in [-0.05, 0) is 44.4 Å². The number of rotatable bonds is 3. The van der Waals surface area contributed by atoms with E-state index in [1.807, 2.05) is 26.1 Å². The van der Waals surface area contributed by atoms with Crippen LogP contribution in [-0.4, -0.2) is 52.6 Å². The third-order valence-electron chi connectivity index (χ3n) is 6.48. The molecule has 1 fully saturated rings. The second-order valence-electron chi connectivity index (χ2n) is 8.34. The van der Waals surface area contributed by atoms with E-state index in [0.717, 1.165) is 36.2 Å². The summed E-state index contributed by atoms with van der Waals surface area (Å²) in [5.74, 6) is 0.913. The van der Waals surface area contributed by atoms with Crippen molar-refractivity contribution in [1.82, 2.24) is 19.3 Å². The van der Waals surface area contributed by atoms with E-state index in [2.05, 4.69) is 44.1 Å². The summed E-state index contributed by atoms with van der Waals surface area (Å²) in [6, 6.07) is 10.5. The van der Waals surface area contributed by atoms with Crippen molar-refractivity contribution in [3.05, 3.63) is 48.4 Å². The van der Waals surface area contributed by atoms with Gasteiger partial charge in [0.25, 0.3) is 0 Å². The fourth-order valence-electron chi connectivity index (χ4n) is 4.79. The van der Waals surface area contributed by atoms with Crippen LogP contribution < -0.4 is 4.90 Å². The SMILES string of the molecule is CC(C)S(=O)(=[OH+])N1CCC2(CC1)CN(c1ncnc3[nH]ccc13)c1ccccc12. The zero-order chi connectivity index (χ0) is 20.2. The van der Waals surface area contributed by atoms with Crippen molar-refractivity contribution in [3.8, 4) is 0 Å². The largest absolute Gasteiger partial charge is 0.347 e. The lowest BCUT2D eigenvalue weighted by atomic mass is 9.75. The maximum atomic E-state index is 12.7. The Hall–Kier alpha value is -2.45. The molecule has 2 N–H and O–H groups in total. The van der Waals surface area contributed by atoms with Gasteiger partial charge in [0.2, 0.25) is 0 Å². The predicted molar refractivity (Wildman–Crippen MR) is 115 cm³/mol. The molecule has 152 valence electrons. The number of aromatic amines is 1. The molecule has 1 spiro atoms. The van der Waals surface area contributed by atoms with Gasteiger partial charge in [0.05, 0.1) is 5.39 Å². The van der Waals surface area contributed by atoms with E-state index in [4.69, 9.17) is 0 Å². The third kappa shape index (κ3) is 2.77. The Morgan fingerprint density at radius 2 is 1.93 bits per heavy atom. The lowest BCUT2D eigenvalue weighted by Gasteiger charge is -2.38. The molecule has 1 atom stereocenters. The number of H-pyrrole nitrogens is 1. The molecule has 2 aromatic heterocycles. The van der Waals surface area contributed by atoms with Gasteiger partial charge in [0, 0.05) is 36.9 Å². The molecule has 2 aliphatic rings. The molecular formula is C21H26N5O2S+. The van der Waals surface area contributed by atoms with Crippen LogP contribution in [0, 0.1) is 0 Å². The first-order valence-corrected chi connectivity index (χ1v) is 11.6. The molecule has 0 bridgehead atoms. The van der Waals surface area contributed by atoms with Gasteiger partial charge >= 0.3 is 10.0 Å². The van der Waals surface area contributed by atoms with Crippen LogP contribution in [-0.2, 0) is 15.4 Å². The lowest BCUT2D eigenvalue weighted by molar-refractivity contribution is 0.245. The van der Waals surface area contributed by atoms with Gasteiger partial charge in [-0.25, -0.2) is 14.2 Å². The van der Waals surface area contributed by atoms with Gasteiger partial charge in [-0.15, -0.1) is 0 Å². The highest BCUT2D eigenvalue weighted by atomic mass is 32.2. The first kappa shape index (κ1) is 18.6. The highest BCUT2D eigenvalue weighted by molar-refractivity contribution is 7.89. The van der Waals surface area contributed by atoms with Crippen molar-refractivity contribution >= 4 is 32.6 Å². The number of nitrogens with zero attached hydrogens (tertiary/aromatic N) is 4. The smallest absolute Gasteiger partial charge is 0.346 e. The molecule has 4 heterocycles. The van der Waals surface area contributed by atoms with Crippen LogP contribution in [0.4, 0.5) is 11.5 Å². The third-order valence-corrected chi connectivity index (χ3v) is 8.81. The quantitative estimate of drug-likeness (QED) is 0.669. The van der Waals surface area contributed by atoms with Crippen molar-refractivity contribution in [3.63, 3.8) is 0 Å². The number of hydrogen-bond donors (Lipinski definition) is 1. The second kappa shape index (κ2) is 6.53. The fraction of sp³-hybridized carbons (Fsp3) is 0.429. The minimum absolute atomic E-state index is 0.0346. The van der Waals surface area contributed by atoms with Gasteiger partial charge in [-0.2, -0.15) is 8.51 Å². The standard InChI is InChI=1S/C21H25N5O2S/c1-15(2)29(27,28)25-11-8-21(9-12-25)13-26(18-6-4-3-5-17(18)21)20-16-7-10-22-19(16)23-14-24-20/h3-7,10,14-15H,8-9,11-13H2,1-2H3,(H,22,23,24)/p+1. The molecule has 1 unspecified atom stereocenters. The van der Waals surface area contributed by atoms with E-state index in [9.17, 15) is 8.42 Å². The van der Waals surface area contributed by atoms with Crippen molar-refractivity contribution in [2.45, 2.75) is 37.4 Å². The minimum atomic E-state index is -2.97. The molecule has 2 aliphatic heterocycles. The number of para-hydroxylation sites is 1. The van der Waals surface area contributed by atoms with Crippen molar-refractivity contribution < 1.29 is 8.42 Å². The van der Waals surface area contributed by atoms with E-state index >= 15 is 0 Å². The molecule has 7 nitrogen and oxygen atoms in total. The van der Waals surface area contributed by atoms with Crippen LogP contribution in [0.5, 0.6) is 0 Å². The summed E-state index contributed by atoms with van der Waals surface area (Å²) in [7, 11) is -2.97. The molecule has 3 aromatic rings. The van der Waals surface area contributed by atoms with Gasteiger partial charge < -0.3 is 9.88 Å². The fourth-order valence-corrected chi connectivity index (χ4v) is 6.10. The first-order chi connectivity index (χ1) is 13.9. The monoisotopic (exact) mass is 412 g/mol. The number of hydrogen-bond acceptors (Lipinski definition) is 4. The summed E-state index contributed by atoms with van der Waals surface area (Å²) in [5.41, 5.74) is 3.29. The Labute approximate surface area is 170 Å². The van der Waals surface area contributed by atoms with E-state index in [1.165, 1.54) is 11.3 Å². The molecule has 5 rings (SSSR count). The molecular weight excluding hydrogens is 386 g/mol. The molecule has 0 aliphatic carbocycles. The van der Waals surface area contributed by atoms with Crippen LogP contribution in [0.2, 0.25) is 0 Å². The van der Waals surface area contributed by atoms with E-state index in [1.54, 1.807) is 10.6 Å². The van der Waals surface area contributed by atoms with Gasteiger partial charge in [-0.3, -0.25) is 0 Å². The summed E-state index contributed by atoms with van der Waals surface area (Å²) >= 11 is 0. The normalized spacial score (nSPS) is 21.0. The summed E-state index contributed by atoms with van der Waals surface area (Å²) in [5, 5.41) is 0.738. The van der Waals surface area contributed by atoms with Crippen LogP contribution in [0.1, 0.15) is 32.3 Å². The van der Waals surface area contributed by atoms with Crippen LogP contribution >= 0.6 is 0 Å². The Balaban J connectivity index is 1.52. The molecule has 29 heavy (non-hydrogen) atoms. The number of aromatic nitrogens is 3. The topological polar surface area (TPSA) is 86.5 Å². The number of anilines is 2. The Morgan fingerprint density at radius 1 is 1.17 bits per heavy atom. The summed E-state index contributed by atoms with van der Waals surface area (Å²) in [6.07, 6.45) is 5.20. The average molecular weight is 413 g/mol. The summed E-state index contributed by atoms with van der Waals surface area (Å²) < 4.78 is 25.0. The van der Waals surface area contributed by atoms with Crippen LogP contribution in [0.25, 0.3) is 11.0 Å². The van der Waals surface area contributed by atoms with E-state index in [-0.39, 0.29) is 10.7 Å². The number of fused-ring (bicyclic) bond motifs is 3. The Kier molecular flexibility index (Phi) is 4.18. The zero-order valence-corrected chi connectivity index (χ0v) is 17.5. The van der Waals surface area contributed by atoms with E-state index < -0.39 is 10.0 Å². The maximum absolute atomic E-state index is 12.7. The number of nitrogens with one attached hydrogen (secondary N) is 1. The number of benzene rings is 1. The van der Waals surface area contributed by atoms with Gasteiger partial charge in [0.1, 0.15) is 23.0 Å². The zero-order valence-electron chi connectivity index (χ0n) is 16.7. The van der Waals surface area contributed by atoms with Crippen LogP contribution in [0.15, 0.2) is 42.9 Å². The molecule has 8 heteroatoms. The average Bonchev–Trinajstić information content (AvgIpc) is 3.32. The van der Waals surface area contributed by atoms with Crippen molar-refractivity contribution in [1.29, 1.82) is 0 Å². The van der Waals surface area contributed by atoms with Gasteiger partial charge in [-0.1, -0.05) is 18.2 Å². The van der Waals surface area contributed by atoms with Gasteiger partial charge in [0.15, 0.2) is 0 Å². The first-order valence-electron chi connectivity index (χ1n) is 10.1. The highest BCUT2D eigenvalue weighted by Gasteiger charge is 2.48. The van der Waals surface area contributed by atoms with Crippen molar-refractivity contribution in [2.75, 3.05) is 24.5 Å². The molecule has 1 aromatic carbocycles. The lowest BCUT2D eigenvalue weighted by Crippen LogP contribution is -2.48. The Morgan fingerprint density at radius 3 is 2.69 bits per heavy atom. The maximum Gasteiger partial charge on any atom is 0.347 e. The van der Waals surface area contributed by atoms with E-state index in [0.29, 0.717) is 13.1 Å². The molecule has 0 saturated carbocycles. The van der Waals surface area contributed by atoms with Crippen LogP contribution in [0.3, 0.4) is 0 Å². The second-order valence-corrected chi connectivity index (χ2v) is 10.9. The predicted octanol–water partition coefficient (Wildman–Crippen LogP) is 3.34. The molecule has 0 radical (unpaired) electrons. The minimum Gasteiger partial charge on any atom is -0.346 e.